The monoisotopic (exact) mass is 195 g/mol. The second-order valence-corrected chi connectivity index (χ2v) is 5.53. The molecule has 2 N–H and O–H groups in total. The second-order valence-electron chi connectivity index (χ2n) is 5.53. The minimum Gasteiger partial charge on any atom is -0.360 e. The number of hydrogen-bond acceptors (Lipinski definition) is 2. The molecular weight excluding hydrogens is 174 g/mol. The lowest BCUT2D eigenvalue weighted by molar-refractivity contribution is -0.0477. The summed E-state index contributed by atoms with van der Waals surface area (Å²) in [6, 6.07) is 0. The van der Waals surface area contributed by atoms with Crippen LogP contribution in [0.1, 0.15) is 39.0 Å². The molecule has 0 spiro atoms. The van der Waals surface area contributed by atoms with Crippen LogP contribution in [-0.4, -0.2) is 12.3 Å². The minimum atomic E-state index is -0.0702. The lowest BCUT2D eigenvalue weighted by Crippen LogP contribution is -2.35. The van der Waals surface area contributed by atoms with Gasteiger partial charge in [0.15, 0.2) is 0 Å². The number of fused-ring (bicyclic) bond motifs is 5. The van der Waals surface area contributed by atoms with Crippen LogP contribution >= 0.6 is 0 Å². The van der Waals surface area contributed by atoms with Gasteiger partial charge in [0.05, 0.1) is 6.10 Å². The average Bonchev–Trinajstić information content (AvgIpc) is 2.68. The summed E-state index contributed by atoms with van der Waals surface area (Å²) in [4.78, 5) is 0. The van der Waals surface area contributed by atoms with Gasteiger partial charge in [0.25, 0.3) is 0 Å². The largest absolute Gasteiger partial charge is 0.360 e. The van der Waals surface area contributed by atoms with E-state index in [9.17, 15) is 0 Å². The van der Waals surface area contributed by atoms with Crippen molar-refractivity contribution in [2.24, 2.45) is 29.4 Å². The first-order valence-electron chi connectivity index (χ1n) is 6.16. The fraction of sp³-hybridized carbons (Fsp3) is 1.00. The van der Waals surface area contributed by atoms with Crippen LogP contribution in [0.15, 0.2) is 0 Å². The molecule has 0 aliphatic heterocycles. The molecule has 0 saturated heterocycles. The maximum absolute atomic E-state index is 5.83. The summed E-state index contributed by atoms with van der Waals surface area (Å²) in [5.74, 6) is 3.90. The van der Waals surface area contributed by atoms with Gasteiger partial charge in [0.1, 0.15) is 6.23 Å². The number of ether oxygens (including phenoxy) is 1. The van der Waals surface area contributed by atoms with Crippen LogP contribution in [0.2, 0.25) is 0 Å². The summed E-state index contributed by atoms with van der Waals surface area (Å²) in [5, 5.41) is 0. The third-order valence-electron chi connectivity index (χ3n) is 4.76. The normalized spacial score (nSPS) is 52.3. The fourth-order valence-corrected chi connectivity index (χ4v) is 4.44. The molecule has 0 aromatic heterocycles. The van der Waals surface area contributed by atoms with Crippen molar-refractivity contribution in [3.8, 4) is 0 Å². The lowest BCUT2D eigenvalue weighted by atomic mass is 9.80. The van der Waals surface area contributed by atoms with E-state index >= 15 is 0 Å². The van der Waals surface area contributed by atoms with Crippen LogP contribution < -0.4 is 5.73 Å². The lowest BCUT2D eigenvalue weighted by Gasteiger charge is -2.32. The molecule has 3 fully saturated rings. The summed E-state index contributed by atoms with van der Waals surface area (Å²) in [5.41, 5.74) is 5.72. The van der Waals surface area contributed by atoms with Gasteiger partial charge in [-0.25, -0.2) is 0 Å². The van der Waals surface area contributed by atoms with E-state index in [2.05, 4.69) is 0 Å². The third kappa shape index (κ3) is 1.24. The highest BCUT2D eigenvalue weighted by Crippen LogP contribution is 2.59. The molecule has 0 aromatic carbocycles. The van der Waals surface area contributed by atoms with Gasteiger partial charge in [-0.1, -0.05) is 6.42 Å². The summed E-state index contributed by atoms with van der Waals surface area (Å²) in [7, 11) is 0. The van der Waals surface area contributed by atoms with Crippen LogP contribution in [0.3, 0.4) is 0 Å². The first kappa shape index (κ1) is 9.17. The molecule has 2 bridgehead atoms. The highest BCUT2D eigenvalue weighted by Gasteiger charge is 2.54. The van der Waals surface area contributed by atoms with E-state index in [-0.39, 0.29) is 6.23 Å². The van der Waals surface area contributed by atoms with Crippen LogP contribution in [0.25, 0.3) is 0 Å². The predicted octanol–water partition coefficient (Wildman–Crippen LogP) is 2.13. The van der Waals surface area contributed by atoms with E-state index in [1.165, 1.54) is 32.1 Å². The van der Waals surface area contributed by atoms with E-state index in [0.29, 0.717) is 6.10 Å². The standard InChI is InChI=1S/C12H21NO/c1-7(13)14-12-6-8-5-11(12)10-4-2-3-9(8)10/h7-12H,2-6,13H2,1H3. The molecule has 14 heavy (non-hydrogen) atoms. The summed E-state index contributed by atoms with van der Waals surface area (Å²) >= 11 is 0. The summed E-state index contributed by atoms with van der Waals surface area (Å²) in [6.07, 6.45) is 7.59. The third-order valence-corrected chi connectivity index (χ3v) is 4.76. The fourth-order valence-electron chi connectivity index (χ4n) is 4.44. The van der Waals surface area contributed by atoms with Crippen LogP contribution in [0.4, 0.5) is 0 Å². The number of hydrogen-bond donors (Lipinski definition) is 1. The van der Waals surface area contributed by atoms with Crippen molar-refractivity contribution in [1.82, 2.24) is 0 Å². The van der Waals surface area contributed by atoms with E-state index < -0.39 is 0 Å². The molecule has 0 amide bonds. The molecule has 3 aliphatic rings. The topological polar surface area (TPSA) is 35.2 Å². The Bertz CT molecular complexity index is 228. The van der Waals surface area contributed by atoms with Gasteiger partial charge >= 0.3 is 0 Å². The predicted molar refractivity (Wildman–Crippen MR) is 55.6 cm³/mol. The molecule has 6 unspecified atom stereocenters. The average molecular weight is 195 g/mol. The van der Waals surface area contributed by atoms with Crippen molar-refractivity contribution in [2.45, 2.75) is 51.4 Å². The Labute approximate surface area is 86.2 Å². The maximum Gasteiger partial charge on any atom is 0.103 e. The zero-order valence-corrected chi connectivity index (χ0v) is 8.99. The molecule has 2 nitrogen and oxygen atoms in total. The first-order valence-corrected chi connectivity index (χ1v) is 6.16. The zero-order chi connectivity index (χ0) is 9.71. The molecule has 2 heteroatoms. The van der Waals surface area contributed by atoms with Crippen molar-refractivity contribution >= 4 is 0 Å². The van der Waals surface area contributed by atoms with Gasteiger partial charge in [0, 0.05) is 0 Å². The maximum atomic E-state index is 5.83. The Kier molecular flexibility index (Phi) is 2.10. The van der Waals surface area contributed by atoms with Crippen molar-refractivity contribution in [1.29, 1.82) is 0 Å². The van der Waals surface area contributed by atoms with E-state index in [0.717, 1.165) is 23.7 Å². The van der Waals surface area contributed by atoms with Crippen LogP contribution in [0.5, 0.6) is 0 Å². The summed E-state index contributed by atoms with van der Waals surface area (Å²) < 4.78 is 5.83. The molecule has 3 saturated carbocycles. The van der Waals surface area contributed by atoms with Gasteiger partial charge in [0.2, 0.25) is 0 Å². The molecule has 0 aromatic rings. The van der Waals surface area contributed by atoms with Gasteiger partial charge in [-0.3, -0.25) is 0 Å². The van der Waals surface area contributed by atoms with Crippen LogP contribution in [0, 0.1) is 23.7 Å². The second kappa shape index (κ2) is 3.21. The van der Waals surface area contributed by atoms with E-state index in [1.807, 2.05) is 6.92 Å². The first-order chi connectivity index (χ1) is 6.75. The van der Waals surface area contributed by atoms with Gasteiger partial charge in [-0.2, -0.15) is 0 Å². The van der Waals surface area contributed by atoms with Crippen molar-refractivity contribution in [3.05, 3.63) is 0 Å². The molecule has 0 heterocycles. The molecule has 3 rings (SSSR count). The Balaban J connectivity index is 1.71. The van der Waals surface area contributed by atoms with Crippen molar-refractivity contribution < 1.29 is 4.74 Å². The Morgan fingerprint density at radius 3 is 2.71 bits per heavy atom. The highest BCUT2D eigenvalue weighted by atomic mass is 16.5. The van der Waals surface area contributed by atoms with E-state index in [4.69, 9.17) is 10.5 Å². The van der Waals surface area contributed by atoms with Gasteiger partial charge < -0.3 is 10.5 Å². The Morgan fingerprint density at radius 1 is 1.14 bits per heavy atom. The van der Waals surface area contributed by atoms with Gasteiger partial charge in [-0.05, 0) is 56.3 Å². The Morgan fingerprint density at radius 2 is 1.93 bits per heavy atom. The smallest absolute Gasteiger partial charge is 0.103 e. The SMILES string of the molecule is CC(N)OC1CC2CC1C1CCCC21. The zero-order valence-electron chi connectivity index (χ0n) is 8.99. The van der Waals surface area contributed by atoms with E-state index in [1.54, 1.807) is 0 Å². The van der Waals surface area contributed by atoms with Crippen molar-refractivity contribution in [3.63, 3.8) is 0 Å². The summed E-state index contributed by atoms with van der Waals surface area (Å²) in [6.45, 7) is 1.96. The molecule has 80 valence electrons. The Hall–Kier alpha value is -0.0800. The minimum absolute atomic E-state index is 0.0702. The van der Waals surface area contributed by atoms with Crippen molar-refractivity contribution in [2.75, 3.05) is 0 Å². The van der Waals surface area contributed by atoms with Crippen LogP contribution in [-0.2, 0) is 4.74 Å². The quantitative estimate of drug-likeness (QED) is 0.685. The van der Waals surface area contributed by atoms with Gasteiger partial charge in [-0.15, -0.1) is 0 Å². The number of rotatable bonds is 2. The molecule has 0 radical (unpaired) electrons. The number of nitrogens with two attached hydrogens (primary N) is 1. The molecule has 6 atom stereocenters. The molecular formula is C12H21NO. The molecule has 3 aliphatic carbocycles. The highest BCUT2D eigenvalue weighted by molar-refractivity contribution is 5.03.